The van der Waals surface area contributed by atoms with Crippen molar-refractivity contribution in [3.05, 3.63) is 0 Å². The maximum Gasteiger partial charge on any atom is 0.157 e. The lowest BCUT2D eigenvalue weighted by Crippen LogP contribution is -2.19. The first kappa shape index (κ1) is 19.8. The van der Waals surface area contributed by atoms with Crippen molar-refractivity contribution in [1.82, 2.24) is 0 Å². The molecule has 0 radical (unpaired) electrons. The van der Waals surface area contributed by atoms with E-state index in [-0.39, 0.29) is 6.29 Å². The molecule has 122 valence electrons. The second-order valence-electron chi connectivity index (χ2n) is 4.83. The fraction of sp³-hybridized carbons (Fsp3) is 1.00. The van der Waals surface area contributed by atoms with Crippen LogP contribution in [0.25, 0.3) is 0 Å². The van der Waals surface area contributed by atoms with Crippen molar-refractivity contribution in [2.24, 2.45) is 0 Å². The lowest BCUT2D eigenvalue weighted by molar-refractivity contribution is -0.145. The van der Waals surface area contributed by atoms with Gasteiger partial charge < -0.3 is 18.9 Å². The number of hydrogen-bond donors (Lipinski definition) is 0. The molecule has 0 heterocycles. The predicted molar refractivity (Wildman–Crippen MR) is 82.1 cm³/mol. The van der Waals surface area contributed by atoms with Gasteiger partial charge in [0.15, 0.2) is 6.29 Å². The molecule has 0 aliphatic rings. The molecule has 20 heavy (non-hydrogen) atoms. The predicted octanol–water partition coefficient (Wildman–Crippen LogP) is 3.78. The average Bonchev–Trinajstić information content (AvgIpc) is 2.45. The Balaban J connectivity index is 3.34. The van der Waals surface area contributed by atoms with Crippen molar-refractivity contribution in [2.75, 3.05) is 39.6 Å². The monoisotopic (exact) mass is 290 g/mol. The van der Waals surface area contributed by atoms with Crippen LogP contribution in [-0.4, -0.2) is 45.9 Å². The molecule has 0 fully saturated rings. The lowest BCUT2D eigenvalue weighted by atomic mass is 10.3. The van der Waals surface area contributed by atoms with Gasteiger partial charge in [0.1, 0.15) is 0 Å². The maximum absolute atomic E-state index is 5.69. The zero-order valence-electron chi connectivity index (χ0n) is 13.7. The Morgan fingerprint density at radius 1 is 0.650 bits per heavy atom. The van der Waals surface area contributed by atoms with E-state index in [0.29, 0.717) is 19.8 Å². The molecular weight excluding hydrogens is 256 g/mol. The van der Waals surface area contributed by atoms with Crippen LogP contribution >= 0.6 is 0 Å². The zero-order chi connectivity index (χ0) is 14.9. The van der Waals surface area contributed by atoms with Crippen molar-refractivity contribution in [3.63, 3.8) is 0 Å². The molecule has 4 nitrogen and oxygen atoms in total. The molecule has 0 spiro atoms. The Morgan fingerprint density at radius 2 is 1.25 bits per heavy atom. The highest BCUT2D eigenvalue weighted by Crippen LogP contribution is 2.06. The molecule has 0 saturated heterocycles. The van der Waals surface area contributed by atoms with E-state index < -0.39 is 0 Å². The Labute approximate surface area is 125 Å². The smallest absolute Gasteiger partial charge is 0.157 e. The zero-order valence-corrected chi connectivity index (χ0v) is 13.7. The largest absolute Gasteiger partial charge is 0.379 e. The highest BCUT2D eigenvalue weighted by molar-refractivity contribution is 4.47. The van der Waals surface area contributed by atoms with Crippen LogP contribution in [0.2, 0.25) is 0 Å². The average molecular weight is 290 g/mol. The quantitative estimate of drug-likeness (QED) is 0.320. The van der Waals surface area contributed by atoms with Gasteiger partial charge in [-0.25, -0.2) is 0 Å². The Kier molecular flexibility index (Phi) is 16.8. The summed E-state index contributed by atoms with van der Waals surface area (Å²) in [4.78, 5) is 0. The van der Waals surface area contributed by atoms with Gasteiger partial charge >= 0.3 is 0 Å². The second kappa shape index (κ2) is 16.9. The number of unbranched alkanes of at least 4 members (excludes halogenated alkanes) is 2. The highest BCUT2D eigenvalue weighted by Gasteiger charge is 2.07. The van der Waals surface area contributed by atoms with Crippen molar-refractivity contribution in [1.29, 1.82) is 0 Å². The van der Waals surface area contributed by atoms with Gasteiger partial charge in [-0.2, -0.15) is 0 Å². The molecule has 0 aromatic heterocycles. The minimum Gasteiger partial charge on any atom is -0.379 e. The number of hydrogen-bond acceptors (Lipinski definition) is 4. The first-order valence-corrected chi connectivity index (χ1v) is 8.23. The molecule has 0 aromatic carbocycles. The lowest BCUT2D eigenvalue weighted by Gasteiger charge is -2.17. The summed E-state index contributed by atoms with van der Waals surface area (Å²) in [5.41, 5.74) is 0. The summed E-state index contributed by atoms with van der Waals surface area (Å²) >= 11 is 0. The minimum atomic E-state index is -0.0732. The Bertz CT molecular complexity index is 176. The van der Waals surface area contributed by atoms with E-state index in [1.54, 1.807) is 0 Å². The molecule has 0 saturated carbocycles. The van der Waals surface area contributed by atoms with Crippen LogP contribution in [0.4, 0.5) is 0 Å². The third-order valence-corrected chi connectivity index (χ3v) is 2.90. The summed E-state index contributed by atoms with van der Waals surface area (Å²) in [6.07, 6.45) is 6.34. The Morgan fingerprint density at radius 3 is 1.85 bits per heavy atom. The third kappa shape index (κ3) is 14.3. The van der Waals surface area contributed by atoms with Crippen molar-refractivity contribution >= 4 is 0 Å². The fourth-order valence-corrected chi connectivity index (χ4v) is 1.68. The molecule has 0 rings (SSSR count). The SMILES string of the molecule is CCCCOCCOCCCC(OCC)OCCCC. The first-order chi connectivity index (χ1) is 9.85. The van der Waals surface area contributed by atoms with Gasteiger partial charge in [-0.05, 0) is 26.2 Å². The van der Waals surface area contributed by atoms with E-state index in [0.717, 1.165) is 51.9 Å². The van der Waals surface area contributed by atoms with E-state index in [9.17, 15) is 0 Å². The van der Waals surface area contributed by atoms with E-state index in [4.69, 9.17) is 18.9 Å². The van der Waals surface area contributed by atoms with Crippen molar-refractivity contribution in [3.8, 4) is 0 Å². The van der Waals surface area contributed by atoms with Gasteiger partial charge in [-0.1, -0.05) is 26.7 Å². The topological polar surface area (TPSA) is 36.9 Å². The van der Waals surface area contributed by atoms with Gasteiger partial charge in [-0.15, -0.1) is 0 Å². The molecule has 0 aromatic rings. The van der Waals surface area contributed by atoms with Crippen LogP contribution in [0, 0.1) is 0 Å². The molecule has 1 atom stereocenters. The third-order valence-electron chi connectivity index (χ3n) is 2.90. The molecule has 1 unspecified atom stereocenters. The molecular formula is C16H34O4. The summed E-state index contributed by atoms with van der Waals surface area (Å²) in [5, 5.41) is 0. The van der Waals surface area contributed by atoms with Crippen LogP contribution < -0.4 is 0 Å². The van der Waals surface area contributed by atoms with Crippen LogP contribution in [-0.2, 0) is 18.9 Å². The highest BCUT2D eigenvalue weighted by atomic mass is 16.7. The number of rotatable bonds is 16. The molecule has 4 heteroatoms. The van der Waals surface area contributed by atoms with Gasteiger partial charge in [0, 0.05) is 32.8 Å². The van der Waals surface area contributed by atoms with Gasteiger partial charge in [-0.3, -0.25) is 0 Å². The van der Waals surface area contributed by atoms with Gasteiger partial charge in [0.2, 0.25) is 0 Å². The summed E-state index contributed by atoms with van der Waals surface area (Å²) in [5.74, 6) is 0. The van der Waals surface area contributed by atoms with Crippen LogP contribution in [0.5, 0.6) is 0 Å². The summed E-state index contributed by atoms with van der Waals surface area (Å²) in [6.45, 7) is 10.8. The van der Waals surface area contributed by atoms with Crippen LogP contribution in [0.3, 0.4) is 0 Å². The van der Waals surface area contributed by atoms with E-state index in [1.165, 1.54) is 6.42 Å². The molecule has 0 aliphatic heterocycles. The van der Waals surface area contributed by atoms with Gasteiger partial charge in [0.05, 0.1) is 13.2 Å². The van der Waals surface area contributed by atoms with Crippen molar-refractivity contribution < 1.29 is 18.9 Å². The van der Waals surface area contributed by atoms with E-state index in [1.807, 2.05) is 6.92 Å². The molecule has 0 aliphatic carbocycles. The standard InChI is InChI=1S/C16H34O4/c1-4-7-11-17-14-15-18-12-9-10-16(19-6-3)20-13-8-5-2/h16H,4-15H2,1-3H3. The molecule has 0 N–H and O–H groups in total. The van der Waals surface area contributed by atoms with E-state index >= 15 is 0 Å². The van der Waals surface area contributed by atoms with Crippen LogP contribution in [0.1, 0.15) is 59.3 Å². The molecule has 0 bridgehead atoms. The summed E-state index contributed by atoms with van der Waals surface area (Å²) < 4.78 is 22.2. The first-order valence-electron chi connectivity index (χ1n) is 8.23. The summed E-state index contributed by atoms with van der Waals surface area (Å²) in [7, 11) is 0. The van der Waals surface area contributed by atoms with Crippen molar-refractivity contribution in [2.45, 2.75) is 65.6 Å². The van der Waals surface area contributed by atoms with E-state index in [2.05, 4.69) is 13.8 Å². The normalized spacial score (nSPS) is 12.8. The fourth-order valence-electron chi connectivity index (χ4n) is 1.68. The second-order valence-corrected chi connectivity index (χ2v) is 4.83. The maximum atomic E-state index is 5.69. The Hall–Kier alpha value is -0.160. The van der Waals surface area contributed by atoms with Crippen LogP contribution in [0.15, 0.2) is 0 Å². The van der Waals surface area contributed by atoms with Gasteiger partial charge in [0.25, 0.3) is 0 Å². The summed E-state index contributed by atoms with van der Waals surface area (Å²) in [6, 6.07) is 0. The molecule has 0 amide bonds. The minimum absolute atomic E-state index is 0.0732. The number of ether oxygens (including phenoxy) is 4.